The molecule has 0 saturated carbocycles. The Bertz CT molecular complexity index is 1560. The fourth-order valence-corrected chi connectivity index (χ4v) is 4.78. The standard InChI is InChI=1S/C32H25F2N5O2/c1-19-3-15-25(16-4-19)38-31-27(29(40)21-7-11-23(33)12-8-21)37-39(26-17-5-20(2)6-18-26)32(35-31)28(36-38)30(41)22-9-13-24(34)14-10-22/h3-18,31-32,35H,1-2H3/t31-,32-/m1/s1. The maximum Gasteiger partial charge on any atom is 0.212 e. The first kappa shape index (κ1) is 26.2. The van der Waals surface area contributed by atoms with Crippen LogP contribution in [0.5, 0.6) is 0 Å². The number of hydrogen-bond donors (Lipinski definition) is 1. The van der Waals surface area contributed by atoms with Gasteiger partial charge in [0.15, 0.2) is 12.3 Å². The van der Waals surface area contributed by atoms with Crippen molar-refractivity contribution in [3.05, 3.63) is 131 Å². The Labute approximate surface area is 235 Å². The summed E-state index contributed by atoms with van der Waals surface area (Å²) in [6.07, 6.45) is -1.68. The summed E-state index contributed by atoms with van der Waals surface area (Å²) >= 11 is 0. The lowest BCUT2D eigenvalue weighted by molar-refractivity contribution is 0.105. The summed E-state index contributed by atoms with van der Waals surface area (Å²) < 4.78 is 27.3. The monoisotopic (exact) mass is 549 g/mol. The van der Waals surface area contributed by atoms with Crippen LogP contribution in [0.25, 0.3) is 0 Å². The first-order valence-electron chi connectivity index (χ1n) is 13.0. The molecule has 0 saturated heterocycles. The molecule has 2 heterocycles. The lowest BCUT2D eigenvalue weighted by Gasteiger charge is -2.45. The van der Waals surface area contributed by atoms with Crippen LogP contribution in [0.3, 0.4) is 0 Å². The fraction of sp³-hybridized carbons (Fsp3) is 0.125. The van der Waals surface area contributed by atoms with E-state index in [1.54, 1.807) is 10.0 Å². The third-order valence-electron chi connectivity index (χ3n) is 7.03. The second-order valence-corrected chi connectivity index (χ2v) is 9.97. The quantitative estimate of drug-likeness (QED) is 0.315. The van der Waals surface area contributed by atoms with Gasteiger partial charge in [0.05, 0.1) is 11.4 Å². The molecule has 9 heteroatoms. The average molecular weight is 550 g/mol. The lowest BCUT2D eigenvalue weighted by atomic mass is 9.99. The normalized spacial score (nSPS) is 18.0. The van der Waals surface area contributed by atoms with Crippen LogP contribution in [0, 0.1) is 25.5 Å². The Morgan fingerprint density at radius 1 is 0.585 bits per heavy atom. The van der Waals surface area contributed by atoms with Crippen LogP contribution >= 0.6 is 0 Å². The van der Waals surface area contributed by atoms with Crippen LogP contribution in [-0.4, -0.2) is 35.3 Å². The van der Waals surface area contributed by atoms with Crippen molar-refractivity contribution >= 4 is 34.4 Å². The summed E-state index contributed by atoms with van der Waals surface area (Å²) in [5, 5.41) is 16.1. The largest absolute Gasteiger partial charge is 0.287 e. The topological polar surface area (TPSA) is 77.4 Å². The van der Waals surface area contributed by atoms with Crippen molar-refractivity contribution in [1.82, 2.24) is 5.32 Å². The number of nitrogens with one attached hydrogen (secondary N) is 1. The van der Waals surface area contributed by atoms with Gasteiger partial charge in [0.2, 0.25) is 11.6 Å². The number of hydrazone groups is 2. The van der Waals surface area contributed by atoms with Gasteiger partial charge in [-0.3, -0.25) is 14.9 Å². The summed E-state index contributed by atoms with van der Waals surface area (Å²) in [5.41, 5.74) is 4.05. The zero-order valence-corrected chi connectivity index (χ0v) is 22.3. The van der Waals surface area contributed by atoms with Gasteiger partial charge in [0.25, 0.3) is 0 Å². The molecule has 4 aromatic carbocycles. The molecule has 7 nitrogen and oxygen atoms in total. The molecule has 4 aromatic rings. The summed E-state index contributed by atoms with van der Waals surface area (Å²) in [6, 6.07) is 25.5. The van der Waals surface area contributed by atoms with E-state index in [-0.39, 0.29) is 22.6 Å². The Kier molecular flexibility index (Phi) is 6.72. The van der Waals surface area contributed by atoms with Gasteiger partial charge in [-0.15, -0.1) is 0 Å². The highest BCUT2D eigenvalue weighted by molar-refractivity contribution is 6.51. The van der Waals surface area contributed by atoms with E-state index in [1.807, 2.05) is 62.4 Å². The lowest BCUT2D eigenvalue weighted by Crippen LogP contribution is -2.69. The highest BCUT2D eigenvalue weighted by atomic mass is 19.1. The minimum atomic E-state index is -0.841. The summed E-state index contributed by atoms with van der Waals surface area (Å²) in [4.78, 5) is 27.7. The molecule has 1 N–H and O–H groups in total. The molecule has 0 aliphatic carbocycles. The van der Waals surface area contributed by atoms with Crippen molar-refractivity contribution < 1.29 is 18.4 Å². The maximum atomic E-state index is 13.8. The number of Topliss-reactive ketones (excluding diaryl/α,β-unsaturated/α-hetero) is 2. The van der Waals surface area contributed by atoms with Crippen LogP contribution < -0.4 is 15.3 Å². The molecule has 0 spiro atoms. The van der Waals surface area contributed by atoms with Crippen LogP contribution in [0.15, 0.2) is 107 Å². The Balaban J connectivity index is 1.52. The van der Waals surface area contributed by atoms with E-state index in [0.717, 1.165) is 11.1 Å². The van der Waals surface area contributed by atoms with E-state index in [9.17, 15) is 18.4 Å². The van der Waals surface area contributed by atoms with Crippen LogP contribution in [0.2, 0.25) is 0 Å². The highest BCUT2D eigenvalue weighted by Gasteiger charge is 2.46. The number of ketones is 2. The van der Waals surface area contributed by atoms with Crippen molar-refractivity contribution in [2.45, 2.75) is 26.2 Å². The van der Waals surface area contributed by atoms with Crippen molar-refractivity contribution in [3.63, 3.8) is 0 Å². The predicted octanol–water partition coefficient (Wildman–Crippen LogP) is 5.64. The first-order chi connectivity index (χ1) is 19.8. The van der Waals surface area contributed by atoms with Crippen molar-refractivity contribution in [3.8, 4) is 0 Å². The number of halogens is 2. The molecular weight excluding hydrogens is 524 g/mol. The van der Waals surface area contributed by atoms with Gasteiger partial charge in [0, 0.05) is 11.1 Å². The van der Waals surface area contributed by atoms with E-state index in [4.69, 9.17) is 10.2 Å². The molecule has 2 bridgehead atoms. The molecule has 0 amide bonds. The number of hydrogen-bond acceptors (Lipinski definition) is 7. The molecule has 2 aliphatic rings. The third kappa shape index (κ3) is 5.03. The van der Waals surface area contributed by atoms with Crippen molar-refractivity contribution in [2.75, 3.05) is 10.0 Å². The molecule has 2 aliphatic heterocycles. The van der Waals surface area contributed by atoms with Crippen LogP contribution in [-0.2, 0) is 0 Å². The second kappa shape index (κ2) is 10.5. The molecule has 2 atom stereocenters. The molecule has 0 radical (unpaired) electrons. The smallest absolute Gasteiger partial charge is 0.212 e. The van der Waals surface area contributed by atoms with Crippen LogP contribution in [0.1, 0.15) is 31.8 Å². The van der Waals surface area contributed by atoms with E-state index < -0.39 is 35.5 Å². The Morgan fingerprint density at radius 2 is 0.927 bits per heavy atom. The number of fused-ring (bicyclic) bond motifs is 2. The Morgan fingerprint density at radius 3 is 1.27 bits per heavy atom. The first-order valence-corrected chi connectivity index (χ1v) is 13.0. The molecule has 0 unspecified atom stereocenters. The van der Waals surface area contributed by atoms with Crippen LogP contribution in [0.4, 0.5) is 20.2 Å². The maximum absolute atomic E-state index is 13.8. The molecule has 6 rings (SSSR count). The average Bonchev–Trinajstić information content (AvgIpc) is 2.99. The number of carbonyl (C=O) groups excluding carboxylic acids is 2. The zero-order chi connectivity index (χ0) is 28.7. The van der Waals surface area contributed by atoms with Gasteiger partial charge in [-0.05, 0) is 86.6 Å². The number of nitrogens with zero attached hydrogens (tertiary/aromatic N) is 4. The van der Waals surface area contributed by atoms with E-state index in [1.165, 1.54) is 48.5 Å². The third-order valence-corrected chi connectivity index (χ3v) is 7.03. The van der Waals surface area contributed by atoms with Crippen molar-refractivity contribution in [1.29, 1.82) is 0 Å². The summed E-state index contributed by atoms with van der Waals surface area (Å²) in [6.45, 7) is 3.90. The van der Waals surface area contributed by atoms with E-state index >= 15 is 0 Å². The number of rotatable bonds is 6. The molecular formula is C32H25F2N5O2. The molecule has 0 fully saturated rings. The highest BCUT2D eigenvalue weighted by Crippen LogP contribution is 2.30. The predicted molar refractivity (Wildman–Crippen MR) is 154 cm³/mol. The molecule has 204 valence electrons. The minimum Gasteiger partial charge on any atom is -0.287 e. The summed E-state index contributed by atoms with van der Waals surface area (Å²) in [7, 11) is 0. The minimum absolute atomic E-state index is 0.117. The number of carbonyl (C=O) groups is 2. The van der Waals surface area contributed by atoms with Gasteiger partial charge in [0.1, 0.15) is 23.1 Å². The zero-order valence-electron chi connectivity index (χ0n) is 22.3. The van der Waals surface area contributed by atoms with Gasteiger partial charge in [-0.2, -0.15) is 10.2 Å². The number of benzene rings is 4. The Hall–Kier alpha value is -5.02. The molecule has 0 aromatic heterocycles. The summed E-state index contributed by atoms with van der Waals surface area (Å²) in [5.74, 6) is -1.75. The SMILES string of the molecule is Cc1ccc(N2N=C(C(=O)c3ccc(F)cc3)[C@@H]3N[C@H]2C(C(=O)c2ccc(F)cc2)=NN3c2ccc(C)cc2)cc1. The van der Waals surface area contributed by atoms with Gasteiger partial charge < -0.3 is 0 Å². The molecule has 41 heavy (non-hydrogen) atoms. The van der Waals surface area contributed by atoms with Gasteiger partial charge >= 0.3 is 0 Å². The number of aryl methyl sites for hydroxylation is 2. The second-order valence-electron chi connectivity index (χ2n) is 9.97. The van der Waals surface area contributed by atoms with Gasteiger partial charge in [-0.1, -0.05) is 35.4 Å². The van der Waals surface area contributed by atoms with Gasteiger partial charge in [-0.25, -0.2) is 18.8 Å². The van der Waals surface area contributed by atoms with E-state index in [2.05, 4.69) is 5.32 Å². The fourth-order valence-electron chi connectivity index (χ4n) is 4.78. The number of anilines is 2. The van der Waals surface area contributed by atoms with E-state index in [0.29, 0.717) is 11.4 Å². The van der Waals surface area contributed by atoms with Crippen molar-refractivity contribution in [2.24, 2.45) is 10.2 Å².